The Morgan fingerprint density at radius 3 is 2.67 bits per heavy atom. The fraction of sp³-hybridized carbons (Fsp3) is 1.00. The molecular weight excluding hydrogens is 214 g/mol. The predicted molar refractivity (Wildman–Crippen MR) is 55.7 cm³/mol. The Balaban J connectivity index is 1.76. The van der Waals surface area contributed by atoms with Gasteiger partial charge in [0, 0.05) is 17.9 Å². The highest BCUT2D eigenvalue weighted by atomic mass is 79.9. The Morgan fingerprint density at radius 1 is 1.33 bits per heavy atom. The van der Waals surface area contributed by atoms with Crippen LogP contribution in [0, 0.1) is 11.8 Å². The van der Waals surface area contributed by atoms with Gasteiger partial charge in [0.15, 0.2) is 0 Å². The second-order valence-corrected chi connectivity index (χ2v) is 5.66. The molecule has 2 rings (SSSR count). The SMILES string of the molecule is CC1CCN(CC2CC2)CC1Br. The third kappa shape index (κ3) is 2.23. The third-order valence-electron chi connectivity index (χ3n) is 3.16. The number of rotatable bonds is 2. The van der Waals surface area contributed by atoms with Crippen molar-refractivity contribution < 1.29 is 0 Å². The van der Waals surface area contributed by atoms with Crippen LogP contribution in [0.5, 0.6) is 0 Å². The molecule has 1 saturated heterocycles. The predicted octanol–water partition coefficient (Wildman–Crippen LogP) is 2.50. The third-order valence-corrected chi connectivity index (χ3v) is 4.36. The van der Waals surface area contributed by atoms with Gasteiger partial charge in [0.25, 0.3) is 0 Å². The summed E-state index contributed by atoms with van der Waals surface area (Å²) in [6, 6.07) is 0. The number of halogens is 1. The summed E-state index contributed by atoms with van der Waals surface area (Å²) in [6.07, 6.45) is 4.35. The van der Waals surface area contributed by atoms with Crippen LogP contribution < -0.4 is 0 Å². The molecule has 1 nitrogen and oxygen atoms in total. The van der Waals surface area contributed by atoms with Crippen molar-refractivity contribution in [1.29, 1.82) is 0 Å². The number of piperidine rings is 1. The van der Waals surface area contributed by atoms with Crippen LogP contribution in [0.15, 0.2) is 0 Å². The average molecular weight is 232 g/mol. The highest BCUT2D eigenvalue weighted by Gasteiger charge is 2.29. The van der Waals surface area contributed by atoms with E-state index in [2.05, 4.69) is 27.8 Å². The lowest BCUT2D eigenvalue weighted by atomic mass is 9.99. The van der Waals surface area contributed by atoms with Gasteiger partial charge in [-0.1, -0.05) is 22.9 Å². The Hall–Kier alpha value is 0.440. The van der Waals surface area contributed by atoms with Crippen molar-refractivity contribution in [3.63, 3.8) is 0 Å². The zero-order valence-corrected chi connectivity index (χ0v) is 9.39. The smallest absolute Gasteiger partial charge is 0.0299 e. The van der Waals surface area contributed by atoms with Gasteiger partial charge in [0.05, 0.1) is 0 Å². The molecular formula is C10H18BrN. The minimum atomic E-state index is 0.741. The Bertz CT molecular complexity index is 156. The highest BCUT2D eigenvalue weighted by Crippen LogP contribution is 2.32. The van der Waals surface area contributed by atoms with Gasteiger partial charge in [0.2, 0.25) is 0 Å². The van der Waals surface area contributed by atoms with Crippen LogP contribution in [0.25, 0.3) is 0 Å². The molecule has 2 fully saturated rings. The molecule has 12 heavy (non-hydrogen) atoms. The molecule has 0 bridgehead atoms. The highest BCUT2D eigenvalue weighted by molar-refractivity contribution is 9.09. The summed E-state index contributed by atoms with van der Waals surface area (Å²) < 4.78 is 0. The number of likely N-dealkylation sites (tertiary alicyclic amines) is 1. The molecule has 1 saturated carbocycles. The molecule has 2 aliphatic rings. The fourth-order valence-electron chi connectivity index (χ4n) is 1.92. The van der Waals surface area contributed by atoms with Gasteiger partial charge in [-0.05, 0) is 37.6 Å². The van der Waals surface area contributed by atoms with Crippen LogP contribution in [0.3, 0.4) is 0 Å². The number of hydrogen-bond donors (Lipinski definition) is 0. The van der Waals surface area contributed by atoms with Gasteiger partial charge < -0.3 is 4.90 Å². The maximum atomic E-state index is 3.76. The van der Waals surface area contributed by atoms with Crippen LogP contribution in [0.1, 0.15) is 26.2 Å². The molecule has 0 N–H and O–H groups in total. The molecule has 0 amide bonds. The molecule has 0 aromatic heterocycles. The monoisotopic (exact) mass is 231 g/mol. The first-order valence-corrected chi connectivity index (χ1v) is 6.03. The zero-order chi connectivity index (χ0) is 8.55. The minimum absolute atomic E-state index is 0.741. The number of nitrogens with zero attached hydrogens (tertiary/aromatic N) is 1. The van der Waals surface area contributed by atoms with E-state index in [1.807, 2.05) is 0 Å². The molecule has 0 aromatic carbocycles. The molecule has 2 heteroatoms. The summed E-state index contributed by atoms with van der Waals surface area (Å²) in [4.78, 5) is 3.38. The molecule has 0 radical (unpaired) electrons. The second kappa shape index (κ2) is 3.67. The second-order valence-electron chi connectivity index (χ2n) is 4.48. The first-order chi connectivity index (χ1) is 5.75. The summed E-state index contributed by atoms with van der Waals surface area (Å²) in [5.41, 5.74) is 0. The zero-order valence-electron chi connectivity index (χ0n) is 7.80. The van der Waals surface area contributed by atoms with Crippen molar-refractivity contribution in [2.45, 2.75) is 31.0 Å². The summed E-state index contributed by atoms with van der Waals surface area (Å²) in [7, 11) is 0. The van der Waals surface area contributed by atoms with Crippen molar-refractivity contribution in [2.24, 2.45) is 11.8 Å². The molecule has 1 heterocycles. The molecule has 70 valence electrons. The average Bonchev–Trinajstić information content (AvgIpc) is 2.81. The summed E-state index contributed by atoms with van der Waals surface area (Å²) in [5.74, 6) is 1.93. The molecule has 1 aliphatic heterocycles. The molecule has 2 unspecified atom stereocenters. The van der Waals surface area contributed by atoms with Crippen LogP contribution in [-0.4, -0.2) is 29.4 Å². The van der Waals surface area contributed by atoms with Gasteiger partial charge >= 0.3 is 0 Å². The fourth-order valence-corrected chi connectivity index (χ4v) is 2.59. The van der Waals surface area contributed by atoms with E-state index >= 15 is 0 Å². The lowest BCUT2D eigenvalue weighted by molar-refractivity contribution is 0.194. The number of alkyl halides is 1. The quantitative estimate of drug-likeness (QED) is 0.661. The van der Waals surface area contributed by atoms with Crippen LogP contribution >= 0.6 is 15.9 Å². The number of hydrogen-bond acceptors (Lipinski definition) is 1. The van der Waals surface area contributed by atoms with Gasteiger partial charge in [-0.3, -0.25) is 0 Å². The van der Waals surface area contributed by atoms with Gasteiger partial charge in [-0.15, -0.1) is 0 Å². The molecule has 2 atom stereocenters. The Kier molecular flexibility index (Phi) is 2.75. The van der Waals surface area contributed by atoms with E-state index < -0.39 is 0 Å². The van der Waals surface area contributed by atoms with Crippen molar-refractivity contribution in [2.75, 3.05) is 19.6 Å². The van der Waals surface area contributed by atoms with Crippen molar-refractivity contribution in [3.8, 4) is 0 Å². The van der Waals surface area contributed by atoms with E-state index in [-0.39, 0.29) is 0 Å². The van der Waals surface area contributed by atoms with E-state index in [0.29, 0.717) is 0 Å². The molecule has 1 aliphatic carbocycles. The van der Waals surface area contributed by atoms with E-state index in [9.17, 15) is 0 Å². The van der Waals surface area contributed by atoms with Crippen LogP contribution in [0.2, 0.25) is 0 Å². The van der Waals surface area contributed by atoms with Crippen molar-refractivity contribution in [1.82, 2.24) is 4.90 Å². The topological polar surface area (TPSA) is 3.24 Å². The Morgan fingerprint density at radius 2 is 2.08 bits per heavy atom. The van der Waals surface area contributed by atoms with E-state index in [4.69, 9.17) is 0 Å². The minimum Gasteiger partial charge on any atom is -0.302 e. The van der Waals surface area contributed by atoms with Crippen molar-refractivity contribution in [3.05, 3.63) is 0 Å². The Labute approximate surface area is 83.6 Å². The van der Waals surface area contributed by atoms with E-state index in [0.717, 1.165) is 16.7 Å². The van der Waals surface area contributed by atoms with E-state index in [1.54, 1.807) is 0 Å². The lowest BCUT2D eigenvalue weighted by Crippen LogP contribution is -2.40. The van der Waals surface area contributed by atoms with Gasteiger partial charge in [0.1, 0.15) is 0 Å². The normalized spacial score (nSPS) is 38.5. The van der Waals surface area contributed by atoms with E-state index in [1.165, 1.54) is 38.9 Å². The summed E-state index contributed by atoms with van der Waals surface area (Å²) in [6.45, 7) is 6.33. The molecule has 0 spiro atoms. The van der Waals surface area contributed by atoms with Crippen LogP contribution in [-0.2, 0) is 0 Å². The van der Waals surface area contributed by atoms with Crippen LogP contribution in [0.4, 0.5) is 0 Å². The molecule has 0 aromatic rings. The standard InChI is InChI=1S/C10H18BrN/c1-8-4-5-12(7-10(8)11)6-9-2-3-9/h8-10H,2-7H2,1H3. The lowest BCUT2D eigenvalue weighted by Gasteiger charge is -2.34. The maximum absolute atomic E-state index is 3.76. The summed E-state index contributed by atoms with van der Waals surface area (Å²) in [5, 5.41) is 0. The first-order valence-electron chi connectivity index (χ1n) is 5.12. The maximum Gasteiger partial charge on any atom is 0.0299 e. The van der Waals surface area contributed by atoms with Crippen molar-refractivity contribution >= 4 is 15.9 Å². The first kappa shape index (κ1) is 9.01. The van der Waals surface area contributed by atoms with Gasteiger partial charge in [-0.2, -0.15) is 0 Å². The summed E-state index contributed by atoms with van der Waals surface area (Å²) >= 11 is 3.76. The largest absolute Gasteiger partial charge is 0.302 e. The van der Waals surface area contributed by atoms with Gasteiger partial charge in [-0.25, -0.2) is 0 Å².